The van der Waals surface area contributed by atoms with Crippen LogP contribution in [-0.4, -0.2) is 17.5 Å². The van der Waals surface area contributed by atoms with Gasteiger partial charge in [0.05, 0.1) is 0 Å². The Morgan fingerprint density at radius 3 is 1.17 bits per heavy atom. The van der Waals surface area contributed by atoms with Crippen molar-refractivity contribution < 1.29 is 58.4 Å². The van der Waals surface area contributed by atoms with Crippen molar-refractivity contribution >= 4 is 10.4 Å². The van der Waals surface area contributed by atoms with Crippen molar-refractivity contribution in [1.29, 1.82) is 0 Å². The molecule has 0 aromatic heterocycles. The van der Waals surface area contributed by atoms with Gasteiger partial charge in [0.25, 0.3) is 0 Å². The first-order valence-corrected chi connectivity index (χ1v) is 2.10. The molecule has 0 spiro atoms. The molecule has 36 valence electrons. The largest absolute Gasteiger partial charge is 0.394 e. The van der Waals surface area contributed by atoms with Gasteiger partial charge in [-0.3, -0.25) is 9.11 Å². The second-order valence-electron chi connectivity index (χ2n) is 0.448. The van der Waals surface area contributed by atoms with E-state index >= 15 is 0 Å². The first kappa shape index (κ1) is 10.3. The second kappa shape index (κ2) is 3.25. The Balaban J connectivity index is 0. The molecule has 0 amide bonds. The van der Waals surface area contributed by atoms with Crippen LogP contribution in [0.3, 0.4) is 0 Å². The standard InChI is InChI=1S/Nd.H2O4S/c;1-5(2,3)4/h;(H2,1,2,3,4). The molecule has 2 N–H and O–H groups in total. The summed E-state index contributed by atoms with van der Waals surface area (Å²) in [6.45, 7) is 0. The first-order valence-electron chi connectivity index (χ1n) is 0.698. The van der Waals surface area contributed by atoms with Crippen LogP contribution in [0.1, 0.15) is 0 Å². The zero-order valence-electron chi connectivity index (χ0n) is 2.62. The second-order valence-corrected chi connectivity index (χ2v) is 1.34. The summed E-state index contributed by atoms with van der Waals surface area (Å²) in [4.78, 5) is 0. The molecule has 6 heavy (non-hydrogen) atoms. The molecular weight excluding hydrogens is 240 g/mol. The third kappa shape index (κ3) is 62.4. The van der Waals surface area contributed by atoms with E-state index in [9.17, 15) is 0 Å². The quantitative estimate of drug-likeness (QED) is 0.553. The predicted octanol–water partition coefficient (Wildman–Crippen LogP) is -0.653. The van der Waals surface area contributed by atoms with E-state index < -0.39 is 10.4 Å². The van der Waals surface area contributed by atoms with Gasteiger partial charge >= 0.3 is 10.4 Å². The maximum atomic E-state index is 8.74. The Hall–Kier alpha value is 1.22. The average molecular weight is 242 g/mol. The van der Waals surface area contributed by atoms with Gasteiger partial charge in [0, 0.05) is 40.8 Å². The normalized spacial score (nSPS) is 9.67. The molecule has 0 unspecified atom stereocenters. The topological polar surface area (TPSA) is 74.6 Å². The fraction of sp³-hybridized carbons (Fsp3) is 0. The number of hydrogen-bond donors (Lipinski definition) is 2. The van der Waals surface area contributed by atoms with Crippen molar-refractivity contribution in [2.75, 3.05) is 0 Å². The summed E-state index contributed by atoms with van der Waals surface area (Å²) < 4.78 is 31.6. The summed E-state index contributed by atoms with van der Waals surface area (Å²) in [7, 11) is -4.67. The summed E-state index contributed by atoms with van der Waals surface area (Å²) in [5, 5.41) is 0. The molecule has 0 atom stereocenters. The minimum atomic E-state index is -4.67. The summed E-state index contributed by atoms with van der Waals surface area (Å²) in [6, 6.07) is 0. The van der Waals surface area contributed by atoms with Crippen LogP contribution in [-0.2, 0) is 10.4 Å². The van der Waals surface area contributed by atoms with E-state index in [1.807, 2.05) is 0 Å². The van der Waals surface area contributed by atoms with E-state index in [2.05, 4.69) is 0 Å². The Morgan fingerprint density at radius 1 is 1.17 bits per heavy atom. The zero-order chi connectivity index (χ0) is 4.50. The van der Waals surface area contributed by atoms with Crippen LogP contribution in [0.4, 0.5) is 0 Å². The van der Waals surface area contributed by atoms with E-state index in [0.29, 0.717) is 0 Å². The minimum Gasteiger partial charge on any atom is -0.264 e. The van der Waals surface area contributed by atoms with Crippen molar-refractivity contribution in [3.63, 3.8) is 0 Å². The fourth-order valence-electron chi connectivity index (χ4n) is 0. The molecule has 0 radical (unpaired) electrons. The van der Waals surface area contributed by atoms with E-state index in [0.717, 1.165) is 0 Å². The van der Waals surface area contributed by atoms with Crippen LogP contribution in [0.5, 0.6) is 0 Å². The van der Waals surface area contributed by atoms with Gasteiger partial charge in [-0.2, -0.15) is 8.42 Å². The van der Waals surface area contributed by atoms with Gasteiger partial charge in [-0.05, 0) is 0 Å². The molecule has 0 aliphatic rings. The van der Waals surface area contributed by atoms with E-state index in [-0.39, 0.29) is 40.8 Å². The molecular formula is H2NdO4S. The molecule has 0 saturated carbocycles. The predicted molar refractivity (Wildman–Crippen MR) is 14.2 cm³/mol. The first-order chi connectivity index (χ1) is 2.00. The molecule has 0 fully saturated rings. The van der Waals surface area contributed by atoms with Gasteiger partial charge < -0.3 is 0 Å². The maximum Gasteiger partial charge on any atom is 0.394 e. The number of hydrogen-bond acceptors (Lipinski definition) is 2. The van der Waals surface area contributed by atoms with Crippen molar-refractivity contribution in [3.05, 3.63) is 0 Å². The average Bonchev–Trinajstić information content (AvgIpc) is 0.722. The molecule has 4 nitrogen and oxygen atoms in total. The van der Waals surface area contributed by atoms with E-state index in [1.54, 1.807) is 0 Å². The van der Waals surface area contributed by atoms with Gasteiger partial charge in [-0.1, -0.05) is 0 Å². The van der Waals surface area contributed by atoms with Gasteiger partial charge in [0.2, 0.25) is 0 Å². The van der Waals surface area contributed by atoms with Crippen molar-refractivity contribution in [2.45, 2.75) is 0 Å². The Bertz CT molecular complexity index is 90.7. The van der Waals surface area contributed by atoms with Gasteiger partial charge in [-0.25, -0.2) is 0 Å². The molecule has 0 rings (SSSR count). The van der Waals surface area contributed by atoms with Crippen LogP contribution in [0.25, 0.3) is 0 Å². The smallest absolute Gasteiger partial charge is 0.264 e. The van der Waals surface area contributed by atoms with Crippen LogP contribution in [0.2, 0.25) is 0 Å². The van der Waals surface area contributed by atoms with E-state index in [1.165, 1.54) is 0 Å². The van der Waals surface area contributed by atoms with Crippen LogP contribution in [0.15, 0.2) is 0 Å². The third-order valence-corrected chi connectivity index (χ3v) is 0. The molecule has 6 heteroatoms. The van der Waals surface area contributed by atoms with Gasteiger partial charge in [0.15, 0.2) is 0 Å². The van der Waals surface area contributed by atoms with Crippen LogP contribution in [0, 0.1) is 40.8 Å². The molecule has 0 saturated heterocycles. The van der Waals surface area contributed by atoms with E-state index in [4.69, 9.17) is 17.5 Å². The Labute approximate surface area is 68.0 Å². The summed E-state index contributed by atoms with van der Waals surface area (Å²) in [6.07, 6.45) is 0. The maximum absolute atomic E-state index is 8.74. The zero-order valence-corrected chi connectivity index (χ0v) is 6.64. The molecule has 0 heterocycles. The summed E-state index contributed by atoms with van der Waals surface area (Å²) in [5.74, 6) is 0. The van der Waals surface area contributed by atoms with Crippen LogP contribution >= 0.6 is 0 Å². The molecule has 0 bridgehead atoms. The molecule has 0 aromatic carbocycles. The summed E-state index contributed by atoms with van der Waals surface area (Å²) >= 11 is 0. The Morgan fingerprint density at radius 2 is 1.17 bits per heavy atom. The van der Waals surface area contributed by atoms with Gasteiger partial charge in [-0.15, -0.1) is 0 Å². The monoisotopic (exact) mass is 240 g/mol. The van der Waals surface area contributed by atoms with Crippen molar-refractivity contribution in [1.82, 2.24) is 0 Å². The van der Waals surface area contributed by atoms with Crippen molar-refractivity contribution in [3.8, 4) is 0 Å². The van der Waals surface area contributed by atoms with Gasteiger partial charge in [0.1, 0.15) is 0 Å². The SMILES string of the molecule is O=S(=O)(O)O.[Nd]. The third-order valence-electron chi connectivity index (χ3n) is 0. The van der Waals surface area contributed by atoms with Crippen molar-refractivity contribution in [2.24, 2.45) is 0 Å². The number of rotatable bonds is 0. The van der Waals surface area contributed by atoms with Crippen LogP contribution < -0.4 is 0 Å². The minimum absolute atomic E-state index is 0. The molecule has 0 aromatic rings. The Kier molecular flexibility index (Phi) is 5.56. The molecule has 0 aliphatic heterocycles. The molecule has 0 aliphatic carbocycles. The summed E-state index contributed by atoms with van der Waals surface area (Å²) in [5.41, 5.74) is 0. The fourth-order valence-corrected chi connectivity index (χ4v) is 0.